The highest BCUT2D eigenvalue weighted by molar-refractivity contribution is 6.33. The van der Waals surface area contributed by atoms with Crippen molar-refractivity contribution in [3.05, 3.63) is 52.9 Å². The number of hydrogen-bond donors (Lipinski definition) is 2. The van der Waals surface area contributed by atoms with Crippen LogP contribution < -0.4 is 15.0 Å². The minimum atomic E-state index is -0.265. The summed E-state index contributed by atoms with van der Waals surface area (Å²) in [6.07, 6.45) is 5.32. The number of nitrogens with one attached hydrogen (secondary N) is 1. The van der Waals surface area contributed by atoms with Gasteiger partial charge in [-0.15, -0.1) is 0 Å². The quantitative estimate of drug-likeness (QED) is 0.546. The standard InChI is InChI=1S/C25H28ClN5O3/c1-25(15-32)5-3-20-17(25)11-16(14-28-20)19-4-6-27-24(29-19)30-21-12-18(26)22(13-23(21)33-2)31-7-9-34-10-8-31/h4,6,11-14,32H,3,5,7-10,15H2,1-2H3,(H,27,29,30). The molecule has 3 aromatic rings. The van der Waals surface area contributed by atoms with E-state index in [-0.39, 0.29) is 12.0 Å². The molecule has 2 aromatic heterocycles. The molecule has 2 aliphatic rings. The molecule has 0 amide bonds. The van der Waals surface area contributed by atoms with E-state index in [1.54, 1.807) is 13.3 Å². The number of methoxy groups -OCH3 is 1. The topological polar surface area (TPSA) is 92.6 Å². The van der Waals surface area contributed by atoms with Crippen LogP contribution in [0, 0.1) is 0 Å². The lowest BCUT2D eigenvalue weighted by Gasteiger charge is -2.30. The summed E-state index contributed by atoms with van der Waals surface area (Å²) in [5, 5.41) is 13.8. The summed E-state index contributed by atoms with van der Waals surface area (Å²) >= 11 is 6.63. The van der Waals surface area contributed by atoms with Crippen molar-refractivity contribution in [1.29, 1.82) is 0 Å². The third kappa shape index (κ3) is 4.29. The van der Waals surface area contributed by atoms with Crippen molar-refractivity contribution in [2.75, 3.05) is 50.2 Å². The molecule has 8 nitrogen and oxygen atoms in total. The van der Waals surface area contributed by atoms with Crippen LogP contribution in [0.3, 0.4) is 0 Å². The summed E-state index contributed by atoms with van der Waals surface area (Å²) in [4.78, 5) is 15.9. The first-order valence-electron chi connectivity index (χ1n) is 11.4. The van der Waals surface area contributed by atoms with Gasteiger partial charge < -0.3 is 24.8 Å². The maximum absolute atomic E-state index is 9.92. The summed E-state index contributed by atoms with van der Waals surface area (Å²) in [5.41, 5.74) is 5.10. The van der Waals surface area contributed by atoms with Gasteiger partial charge in [-0.25, -0.2) is 9.97 Å². The lowest BCUT2D eigenvalue weighted by molar-refractivity contribution is 0.122. The number of aliphatic hydroxyl groups excluding tert-OH is 1. The van der Waals surface area contributed by atoms with Gasteiger partial charge in [0, 0.05) is 48.2 Å². The van der Waals surface area contributed by atoms with E-state index in [1.165, 1.54) is 0 Å². The molecule has 1 aliphatic heterocycles. The van der Waals surface area contributed by atoms with E-state index in [1.807, 2.05) is 24.4 Å². The van der Waals surface area contributed by atoms with Gasteiger partial charge in [-0.1, -0.05) is 18.5 Å². The van der Waals surface area contributed by atoms with E-state index in [4.69, 9.17) is 26.1 Å². The van der Waals surface area contributed by atoms with Gasteiger partial charge in [0.2, 0.25) is 5.95 Å². The van der Waals surface area contributed by atoms with Crippen molar-refractivity contribution in [1.82, 2.24) is 15.0 Å². The Balaban J connectivity index is 1.43. The van der Waals surface area contributed by atoms with Gasteiger partial charge in [-0.05, 0) is 36.6 Å². The molecule has 2 N–H and O–H groups in total. The number of anilines is 3. The van der Waals surface area contributed by atoms with Crippen LogP contribution in [0.15, 0.2) is 36.7 Å². The number of aromatic nitrogens is 3. The van der Waals surface area contributed by atoms with E-state index in [0.717, 1.165) is 54.1 Å². The maximum atomic E-state index is 9.92. The van der Waals surface area contributed by atoms with Crippen molar-refractivity contribution in [3.8, 4) is 17.0 Å². The maximum Gasteiger partial charge on any atom is 0.227 e. The van der Waals surface area contributed by atoms with Gasteiger partial charge in [0.25, 0.3) is 0 Å². The summed E-state index contributed by atoms with van der Waals surface area (Å²) in [5.74, 6) is 1.08. The van der Waals surface area contributed by atoms with Gasteiger partial charge in [0.05, 0.1) is 49.0 Å². The van der Waals surface area contributed by atoms with Crippen molar-refractivity contribution >= 4 is 28.9 Å². The summed E-state index contributed by atoms with van der Waals surface area (Å²) in [6, 6.07) is 7.71. The SMILES string of the molecule is COc1cc(N2CCOCC2)c(Cl)cc1Nc1nccc(-c2cnc3c(c2)C(C)(CO)CC3)n1. The van der Waals surface area contributed by atoms with E-state index < -0.39 is 0 Å². The number of benzene rings is 1. The molecule has 1 aliphatic carbocycles. The minimum Gasteiger partial charge on any atom is -0.494 e. The Hall–Kier alpha value is -2.94. The van der Waals surface area contributed by atoms with Crippen LogP contribution in [0.1, 0.15) is 24.6 Å². The molecule has 3 heterocycles. The van der Waals surface area contributed by atoms with Crippen molar-refractivity contribution in [2.45, 2.75) is 25.2 Å². The first-order valence-corrected chi connectivity index (χ1v) is 11.8. The van der Waals surface area contributed by atoms with Gasteiger partial charge in [-0.3, -0.25) is 4.98 Å². The van der Waals surface area contributed by atoms with Gasteiger partial charge in [0.15, 0.2) is 0 Å². The molecular formula is C25H28ClN5O3. The average molecular weight is 482 g/mol. The Labute approximate surface area is 203 Å². The van der Waals surface area contributed by atoms with Crippen molar-refractivity contribution in [3.63, 3.8) is 0 Å². The Morgan fingerprint density at radius 2 is 2.06 bits per heavy atom. The fraction of sp³-hybridized carbons (Fsp3) is 0.400. The van der Waals surface area contributed by atoms with Gasteiger partial charge >= 0.3 is 0 Å². The van der Waals surface area contributed by atoms with E-state index in [0.29, 0.717) is 35.6 Å². The molecule has 1 unspecified atom stereocenters. The molecule has 0 radical (unpaired) electrons. The zero-order valence-corrected chi connectivity index (χ0v) is 20.1. The third-order valence-electron chi connectivity index (χ3n) is 6.70. The number of halogens is 1. The molecule has 1 fully saturated rings. The molecule has 1 atom stereocenters. The van der Waals surface area contributed by atoms with Crippen molar-refractivity contribution in [2.24, 2.45) is 0 Å². The smallest absolute Gasteiger partial charge is 0.227 e. The molecular weight excluding hydrogens is 454 g/mol. The lowest BCUT2D eigenvalue weighted by atomic mass is 9.85. The van der Waals surface area contributed by atoms with Crippen LogP contribution in [0.4, 0.5) is 17.3 Å². The summed E-state index contributed by atoms with van der Waals surface area (Å²) in [7, 11) is 1.63. The van der Waals surface area contributed by atoms with Gasteiger partial charge in [0.1, 0.15) is 5.75 Å². The average Bonchev–Trinajstić information content (AvgIpc) is 3.21. The minimum absolute atomic E-state index is 0.0999. The number of rotatable bonds is 6. The molecule has 0 saturated carbocycles. The highest BCUT2D eigenvalue weighted by atomic mass is 35.5. The summed E-state index contributed by atoms with van der Waals surface area (Å²) < 4.78 is 11.1. The number of pyridine rings is 1. The number of hydrogen-bond acceptors (Lipinski definition) is 8. The van der Waals surface area contributed by atoms with Crippen molar-refractivity contribution < 1.29 is 14.6 Å². The largest absolute Gasteiger partial charge is 0.494 e. The highest BCUT2D eigenvalue weighted by Crippen LogP contribution is 2.40. The van der Waals surface area contributed by atoms with E-state index in [9.17, 15) is 5.11 Å². The second-order valence-electron chi connectivity index (χ2n) is 8.93. The van der Waals surface area contributed by atoms with Gasteiger partial charge in [-0.2, -0.15) is 0 Å². The van der Waals surface area contributed by atoms with Crippen LogP contribution in [-0.2, 0) is 16.6 Å². The molecule has 9 heteroatoms. The number of morpholine rings is 1. The number of nitrogens with zero attached hydrogens (tertiary/aromatic N) is 4. The number of aliphatic hydroxyl groups is 1. The van der Waals surface area contributed by atoms with Crippen LogP contribution in [0.5, 0.6) is 5.75 Å². The van der Waals surface area contributed by atoms with Crippen LogP contribution in [-0.4, -0.2) is 60.1 Å². The van der Waals surface area contributed by atoms with Crippen LogP contribution in [0.2, 0.25) is 5.02 Å². The lowest BCUT2D eigenvalue weighted by Crippen LogP contribution is -2.36. The van der Waals surface area contributed by atoms with Crippen LogP contribution in [0.25, 0.3) is 11.3 Å². The molecule has 34 heavy (non-hydrogen) atoms. The normalized spacial score (nSPS) is 19.7. The zero-order chi connectivity index (χ0) is 23.7. The zero-order valence-electron chi connectivity index (χ0n) is 19.3. The number of fused-ring (bicyclic) bond motifs is 1. The molecule has 1 saturated heterocycles. The number of aryl methyl sites for hydroxylation is 1. The summed E-state index contributed by atoms with van der Waals surface area (Å²) in [6.45, 7) is 5.09. The third-order valence-corrected chi connectivity index (χ3v) is 7.00. The first kappa shape index (κ1) is 22.8. The second-order valence-corrected chi connectivity index (χ2v) is 9.34. The Bertz CT molecular complexity index is 1200. The Kier molecular flexibility index (Phi) is 6.29. The Morgan fingerprint density at radius 1 is 1.24 bits per heavy atom. The fourth-order valence-corrected chi connectivity index (χ4v) is 4.89. The first-order chi connectivity index (χ1) is 16.5. The monoisotopic (exact) mass is 481 g/mol. The molecule has 1 aromatic carbocycles. The molecule has 0 bridgehead atoms. The number of ether oxygens (including phenoxy) is 2. The second kappa shape index (κ2) is 9.37. The van der Waals surface area contributed by atoms with E-state index >= 15 is 0 Å². The predicted octanol–water partition coefficient (Wildman–Crippen LogP) is 3.98. The Morgan fingerprint density at radius 3 is 2.82 bits per heavy atom. The fourth-order valence-electron chi connectivity index (χ4n) is 4.60. The molecule has 5 rings (SSSR count). The van der Waals surface area contributed by atoms with E-state index in [2.05, 4.69) is 33.2 Å². The highest BCUT2D eigenvalue weighted by Gasteiger charge is 2.35. The molecule has 0 spiro atoms. The van der Waals surface area contributed by atoms with Crippen LogP contribution >= 0.6 is 11.6 Å². The predicted molar refractivity (Wildman–Crippen MR) is 132 cm³/mol. The molecule has 178 valence electrons.